The van der Waals surface area contributed by atoms with Crippen LogP contribution >= 0.6 is 11.6 Å². The third kappa shape index (κ3) is 2.87. The molecule has 23 heavy (non-hydrogen) atoms. The van der Waals surface area contributed by atoms with Crippen molar-refractivity contribution in [2.24, 2.45) is 0 Å². The zero-order chi connectivity index (χ0) is 16.4. The molecule has 0 spiro atoms. The van der Waals surface area contributed by atoms with Crippen LogP contribution in [-0.2, 0) is 11.3 Å². The summed E-state index contributed by atoms with van der Waals surface area (Å²) in [7, 11) is 0. The van der Waals surface area contributed by atoms with Crippen LogP contribution in [0.15, 0.2) is 54.7 Å². The molecule has 3 aromatic rings. The van der Waals surface area contributed by atoms with Gasteiger partial charge >= 0.3 is 0 Å². The number of rotatable bonds is 4. The molecule has 0 unspecified atom stereocenters. The molecule has 0 saturated heterocycles. The van der Waals surface area contributed by atoms with Crippen molar-refractivity contribution in [3.8, 4) is 6.07 Å². The summed E-state index contributed by atoms with van der Waals surface area (Å²) >= 11 is 5.34. The molecule has 0 aliphatic rings. The summed E-state index contributed by atoms with van der Waals surface area (Å²) in [5.74, 6) is -0.707. The summed E-state index contributed by atoms with van der Waals surface area (Å²) < 4.78 is 1.89. The SMILES string of the molecule is N#Cc1ccc(Cn2cc(C(=O)C(=O)Cl)c3ccccc32)cc1. The van der Waals surface area contributed by atoms with E-state index in [1.807, 2.05) is 34.9 Å². The Morgan fingerprint density at radius 2 is 1.78 bits per heavy atom. The van der Waals surface area contributed by atoms with Gasteiger partial charge in [0.25, 0.3) is 5.24 Å². The maximum atomic E-state index is 12.0. The van der Waals surface area contributed by atoms with E-state index in [1.54, 1.807) is 24.4 Å². The molecule has 3 rings (SSSR count). The standard InChI is InChI=1S/C18H11ClN2O2/c19-18(23)17(22)15-11-21(16-4-2-1-3-14(15)16)10-13-7-5-12(9-20)6-8-13/h1-8,11H,10H2. The highest BCUT2D eigenvalue weighted by Gasteiger charge is 2.19. The zero-order valence-corrected chi connectivity index (χ0v) is 12.7. The van der Waals surface area contributed by atoms with Crippen LogP contribution in [0.3, 0.4) is 0 Å². The van der Waals surface area contributed by atoms with Gasteiger partial charge in [0, 0.05) is 23.6 Å². The van der Waals surface area contributed by atoms with Gasteiger partial charge in [-0.2, -0.15) is 5.26 Å². The summed E-state index contributed by atoms with van der Waals surface area (Å²) in [6, 6.07) is 16.6. The molecule has 0 atom stereocenters. The molecule has 0 aliphatic carbocycles. The van der Waals surface area contributed by atoms with E-state index in [-0.39, 0.29) is 0 Å². The fourth-order valence-electron chi connectivity index (χ4n) is 2.55. The molecule has 0 fully saturated rings. The lowest BCUT2D eigenvalue weighted by molar-refractivity contribution is -0.108. The third-order valence-corrected chi connectivity index (χ3v) is 3.82. The molecule has 0 bridgehead atoms. The van der Waals surface area contributed by atoms with E-state index in [9.17, 15) is 9.59 Å². The minimum atomic E-state index is -0.994. The van der Waals surface area contributed by atoms with Crippen LogP contribution < -0.4 is 0 Å². The van der Waals surface area contributed by atoms with Crippen LogP contribution in [0.5, 0.6) is 0 Å². The van der Waals surface area contributed by atoms with E-state index in [1.165, 1.54) is 0 Å². The predicted molar refractivity (Wildman–Crippen MR) is 87.4 cm³/mol. The number of carbonyl (C=O) groups excluding carboxylic acids is 2. The first-order valence-corrected chi connectivity index (χ1v) is 7.29. The second-order valence-corrected chi connectivity index (χ2v) is 5.44. The average molecular weight is 323 g/mol. The number of halogens is 1. The summed E-state index contributed by atoms with van der Waals surface area (Å²) in [6.07, 6.45) is 1.64. The van der Waals surface area contributed by atoms with Gasteiger partial charge in [-0.15, -0.1) is 0 Å². The number of nitriles is 1. The minimum absolute atomic E-state index is 0.300. The van der Waals surface area contributed by atoms with Crippen molar-refractivity contribution >= 4 is 33.5 Å². The molecule has 0 aliphatic heterocycles. The van der Waals surface area contributed by atoms with E-state index >= 15 is 0 Å². The highest BCUT2D eigenvalue weighted by Crippen LogP contribution is 2.23. The Labute approximate surface area is 137 Å². The normalized spacial score (nSPS) is 10.4. The number of hydrogen-bond acceptors (Lipinski definition) is 3. The number of fused-ring (bicyclic) bond motifs is 1. The fourth-order valence-corrected chi connectivity index (χ4v) is 2.65. The predicted octanol–water partition coefficient (Wildman–Crippen LogP) is 3.51. The molecule has 112 valence electrons. The molecule has 2 aromatic carbocycles. The third-order valence-electron chi connectivity index (χ3n) is 3.65. The van der Waals surface area contributed by atoms with E-state index < -0.39 is 11.0 Å². The number of ketones is 1. The van der Waals surface area contributed by atoms with Crippen LogP contribution in [0.2, 0.25) is 0 Å². The minimum Gasteiger partial charge on any atom is -0.342 e. The van der Waals surface area contributed by atoms with Gasteiger partial charge in [-0.05, 0) is 35.4 Å². The van der Waals surface area contributed by atoms with Crippen molar-refractivity contribution in [2.45, 2.75) is 6.54 Å². The first kappa shape index (κ1) is 15.0. The highest BCUT2D eigenvalue weighted by atomic mass is 35.5. The molecule has 0 amide bonds. The van der Waals surface area contributed by atoms with Crippen molar-refractivity contribution in [1.82, 2.24) is 4.57 Å². The Bertz CT molecular complexity index is 949. The maximum Gasteiger partial charge on any atom is 0.293 e. The van der Waals surface area contributed by atoms with Gasteiger partial charge in [-0.3, -0.25) is 9.59 Å². The molecule has 0 N–H and O–H groups in total. The van der Waals surface area contributed by atoms with Gasteiger partial charge in [0.1, 0.15) is 0 Å². The first-order chi connectivity index (χ1) is 11.1. The smallest absolute Gasteiger partial charge is 0.293 e. The second kappa shape index (κ2) is 6.07. The van der Waals surface area contributed by atoms with Gasteiger partial charge in [0.05, 0.1) is 17.2 Å². The molecule has 5 heteroatoms. The Hall–Kier alpha value is -2.90. The van der Waals surface area contributed by atoms with Crippen molar-refractivity contribution in [3.63, 3.8) is 0 Å². The number of aromatic nitrogens is 1. The zero-order valence-electron chi connectivity index (χ0n) is 12.0. The van der Waals surface area contributed by atoms with Crippen LogP contribution in [0.4, 0.5) is 0 Å². The van der Waals surface area contributed by atoms with Crippen molar-refractivity contribution < 1.29 is 9.59 Å². The molecule has 4 nitrogen and oxygen atoms in total. The summed E-state index contributed by atoms with van der Waals surface area (Å²) in [6.45, 7) is 0.524. The summed E-state index contributed by atoms with van der Waals surface area (Å²) in [5.41, 5.74) is 2.73. The van der Waals surface area contributed by atoms with Gasteiger partial charge < -0.3 is 4.57 Å². The molecule has 1 heterocycles. The molecule has 0 radical (unpaired) electrons. The van der Waals surface area contributed by atoms with Crippen molar-refractivity contribution in [2.75, 3.05) is 0 Å². The van der Waals surface area contributed by atoms with E-state index in [0.29, 0.717) is 23.1 Å². The molecule has 1 aromatic heterocycles. The van der Waals surface area contributed by atoms with E-state index in [0.717, 1.165) is 11.1 Å². The topological polar surface area (TPSA) is 62.9 Å². The van der Waals surface area contributed by atoms with Gasteiger partial charge in [0.15, 0.2) is 0 Å². The average Bonchev–Trinajstić information content (AvgIpc) is 2.93. The van der Waals surface area contributed by atoms with E-state index in [2.05, 4.69) is 6.07 Å². The lowest BCUT2D eigenvalue weighted by atomic mass is 10.1. The lowest BCUT2D eigenvalue weighted by Gasteiger charge is -2.05. The van der Waals surface area contributed by atoms with Crippen LogP contribution in [0.25, 0.3) is 10.9 Å². The van der Waals surface area contributed by atoms with Gasteiger partial charge in [-0.1, -0.05) is 30.3 Å². The van der Waals surface area contributed by atoms with E-state index in [4.69, 9.17) is 16.9 Å². The van der Waals surface area contributed by atoms with Crippen molar-refractivity contribution in [3.05, 3.63) is 71.4 Å². The summed E-state index contributed by atoms with van der Waals surface area (Å²) in [5, 5.41) is 8.54. The highest BCUT2D eigenvalue weighted by molar-refractivity contribution is 6.83. The summed E-state index contributed by atoms with van der Waals surface area (Å²) in [4.78, 5) is 23.2. The van der Waals surface area contributed by atoms with Gasteiger partial charge in [-0.25, -0.2) is 0 Å². The van der Waals surface area contributed by atoms with Crippen LogP contribution in [0.1, 0.15) is 21.5 Å². The number of hydrogen-bond donors (Lipinski definition) is 0. The molecule has 0 saturated carbocycles. The molecular formula is C18H11ClN2O2. The quantitative estimate of drug-likeness (QED) is 0.419. The maximum absolute atomic E-state index is 12.0. The largest absolute Gasteiger partial charge is 0.342 e. The number of para-hydroxylation sites is 1. The Morgan fingerprint density at radius 1 is 1.09 bits per heavy atom. The van der Waals surface area contributed by atoms with Crippen molar-refractivity contribution in [1.29, 1.82) is 5.26 Å². The fraction of sp³-hybridized carbons (Fsp3) is 0.0556. The van der Waals surface area contributed by atoms with Crippen LogP contribution in [0, 0.1) is 11.3 Å². The Balaban J connectivity index is 2.05. The number of nitrogens with zero attached hydrogens (tertiary/aromatic N) is 2. The first-order valence-electron chi connectivity index (χ1n) is 6.91. The number of benzene rings is 2. The Morgan fingerprint density at radius 3 is 2.43 bits per heavy atom. The monoisotopic (exact) mass is 322 g/mol. The number of carbonyl (C=O) groups is 2. The van der Waals surface area contributed by atoms with Gasteiger partial charge in [0.2, 0.25) is 5.78 Å². The Kier molecular flexibility index (Phi) is 3.96. The molecular weight excluding hydrogens is 312 g/mol. The van der Waals surface area contributed by atoms with Crippen LogP contribution in [-0.4, -0.2) is 15.6 Å². The second-order valence-electron chi connectivity index (χ2n) is 5.10. The lowest BCUT2D eigenvalue weighted by Crippen LogP contribution is -2.06. The number of Topliss-reactive ketones (excluding diaryl/α,β-unsaturated/α-hetero) is 1.